The molecule has 1 aromatic rings. The van der Waals surface area contributed by atoms with Gasteiger partial charge in [0.1, 0.15) is 0 Å². The molecule has 0 bridgehead atoms. The van der Waals surface area contributed by atoms with E-state index in [1.54, 1.807) is 12.1 Å². The number of carbonyl (C=O) groups is 1. The molecule has 0 saturated heterocycles. The molecule has 18 heavy (non-hydrogen) atoms. The Balaban J connectivity index is 2.14. The summed E-state index contributed by atoms with van der Waals surface area (Å²) in [6.45, 7) is 4.16. The van der Waals surface area contributed by atoms with E-state index >= 15 is 0 Å². The highest BCUT2D eigenvalue weighted by Gasteiger charge is 2.21. The van der Waals surface area contributed by atoms with Crippen LogP contribution >= 0.6 is 11.6 Å². The first kappa shape index (κ1) is 13.0. The lowest BCUT2D eigenvalue weighted by Gasteiger charge is -2.19. The molecule has 2 rings (SSSR count). The molecule has 1 heterocycles. The van der Waals surface area contributed by atoms with Crippen LogP contribution in [0.25, 0.3) is 0 Å². The maximum atomic E-state index is 11.9. The van der Waals surface area contributed by atoms with Crippen LogP contribution in [0.2, 0.25) is 5.02 Å². The summed E-state index contributed by atoms with van der Waals surface area (Å²) in [6, 6.07) is 3.15. The van der Waals surface area contributed by atoms with Gasteiger partial charge in [-0.25, -0.2) is 0 Å². The number of ether oxygens (including phenoxy) is 2. The zero-order valence-electron chi connectivity index (χ0n) is 10.2. The Labute approximate surface area is 110 Å². The number of hydrogen-bond acceptors (Lipinski definition) is 4. The largest absolute Gasteiger partial charge is 0.454 e. The summed E-state index contributed by atoms with van der Waals surface area (Å²) >= 11 is 6.00. The summed E-state index contributed by atoms with van der Waals surface area (Å²) in [7, 11) is 0. The van der Waals surface area contributed by atoms with Crippen LogP contribution in [0.15, 0.2) is 12.1 Å². The number of hydrogen-bond donors (Lipinski definition) is 2. The zero-order chi connectivity index (χ0) is 13.3. The van der Waals surface area contributed by atoms with E-state index in [0.717, 1.165) is 0 Å². The number of fused-ring (bicyclic) bond motifs is 1. The molecule has 0 aromatic heterocycles. The summed E-state index contributed by atoms with van der Waals surface area (Å²) in [5.74, 6) is 0.723. The number of carbonyl (C=O) groups excluding carboxylic acids is 1. The standard InChI is InChI=1S/C12H15ClN2O3/c1-12(2,14)5-15-11(16)7-3-8(13)10-9(4-7)17-6-18-10/h3-4H,5-6,14H2,1-2H3,(H,15,16). The van der Waals surface area contributed by atoms with Crippen molar-refractivity contribution in [2.75, 3.05) is 13.3 Å². The second-order valence-corrected chi connectivity index (χ2v) is 5.27. The Morgan fingerprint density at radius 1 is 1.50 bits per heavy atom. The van der Waals surface area contributed by atoms with E-state index in [4.69, 9.17) is 26.8 Å². The van der Waals surface area contributed by atoms with Gasteiger partial charge in [0.05, 0.1) is 5.02 Å². The fourth-order valence-corrected chi connectivity index (χ4v) is 1.77. The van der Waals surface area contributed by atoms with Gasteiger partial charge in [-0.3, -0.25) is 4.79 Å². The van der Waals surface area contributed by atoms with Crippen LogP contribution in [0.3, 0.4) is 0 Å². The van der Waals surface area contributed by atoms with Crippen LogP contribution in [0.4, 0.5) is 0 Å². The van der Waals surface area contributed by atoms with Crippen molar-refractivity contribution in [2.24, 2.45) is 5.73 Å². The summed E-state index contributed by atoms with van der Waals surface area (Å²) in [5, 5.41) is 3.10. The molecule has 1 amide bonds. The Hall–Kier alpha value is -1.46. The normalized spacial score (nSPS) is 13.6. The van der Waals surface area contributed by atoms with Gasteiger partial charge in [-0.05, 0) is 26.0 Å². The molecule has 3 N–H and O–H groups in total. The minimum absolute atomic E-state index is 0.121. The molecule has 0 saturated carbocycles. The van der Waals surface area contributed by atoms with Gasteiger partial charge in [-0.1, -0.05) is 11.6 Å². The predicted octanol–water partition coefficient (Wildman–Crippen LogP) is 1.54. The van der Waals surface area contributed by atoms with Crippen LogP contribution in [-0.2, 0) is 0 Å². The number of nitrogens with one attached hydrogen (secondary N) is 1. The first-order valence-corrected chi connectivity index (χ1v) is 5.91. The number of benzene rings is 1. The van der Waals surface area contributed by atoms with Gasteiger partial charge in [-0.15, -0.1) is 0 Å². The average molecular weight is 271 g/mol. The van der Waals surface area contributed by atoms with Gasteiger partial charge in [0.25, 0.3) is 5.91 Å². The van der Waals surface area contributed by atoms with E-state index < -0.39 is 5.54 Å². The summed E-state index contributed by atoms with van der Waals surface area (Å²) in [6.07, 6.45) is 0. The highest BCUT2D eigenvalue weighted by atomic mass is 35.5. The molecule has 0 atom stereocenters. The molecule has 0 fully saturated rings. The lowest BCUT2D eigenvalue weighted by atomic mass is 10.1. The van der Waals surface area contributed by atoms with Crippen LogP contribution in [0.1, 0.15) is 24.2 Å². The number of rotatable bonds is 3. The molecule has 0 spiro atoms. The molecule has 98 valence electrons. The van der Waals surface area contributed by atoms with Gasteiger partial charge in [0.2, 0.25) is 6.79 Å². The molecule has 0 unspecified atom stereocenters. The topological polar surface area (TPSA) is 73.6 Å². The van der Waals surface area contributed by atoms with Crippen molar-refractivity contribution < 1.29 is 14.3 Å². The molecule has 0 aliphatic carbocycles. The Kier molecular flexibility index (Phi) is 3.36. The smallest absolute Gasteiger partial charge is 0.251 e. The highest BCUT2D eigenvalue weighted by molar-refractivity contribution is 6.32. The van der Waals surface area contributed by atoms with E-state index in [2.05, 4.69) is 5.32 Å². The van der Waals surface area contributed by atoms with Crippen molar-refractivity contribution in [3.8, 4) is 11.5 Å². The number of nitrogens with two attached hydrogens (primary N) is 1. The fourth-order valence-electron chi connectivity index (χ4n) is 1.51. The molecule has 1 aromatic carbocycles. The van der Waals surface area contributed by atoms with Crippen molar-refractivity contribution in [1.82, 2.24) is 5.32 Å². The third kappa shape index (κ3) is 2.86. The van der Waals surface area contributed by atoms with Crippen LogP contribution < -0.4 is 20.5 Å². The van der Waals surface area contributed by atoms with Gasteiger partial charge in [0.15, 0.2) is 11.5 Å². The van der Waals surface area contributed by atoms with Gasteiger partial charge in [-0.2, -0.15) is 0 Å². The minimum atomic E-state index is -0.463. The second kappa shape index (κ2) is 4.66. The van der Waals surface area contributed by atoms with Crippen molar-refractivity contribution in [1.29, 1.82) is 0 Å². The average Bonchev–Trinajstić information content (AvgIpc) is 2.73. The van der Waals surface area contributed by atoms with E-state index in [9.17, 15) is 4.79 Å². The van der Waals surface area contributed by atoms with E-state index in [1.165, 1.54) is 0 Å². The lowest BCUT2D eigenvalue weighted by Crippen LogP contribution is -2.45. The van der Waals surface area contributed by atoms with Crippen molar-refractivity contribution >= 4 is 17.5 Å². The second-order valence-electron chi connectivity index (χ2n) is 4.86. The molecule has 6 heteroatoms. The third-order valence-electron chi connectivity index (χ3n) is 2.39. The maximum Gasteiger partial charge on any atom is 0.251 e. The van der Waals surface area contributed by atoms with E-state index in [1.807, 2.05) is 13.8 Å². The fraction of sp³-hybridized carbons (Fsp3) is 0.417. The first-order valence-electron chi connectivity index (χ1n) is 5.53. The van der Waals surface area contributed by atoms with Crippen LogP contribution in [0.5, 0.6) is 11.5 Å². The Bertz CT molecular complexity index is 483. The summed E-state index contributed by atoms with van der Waals surface area (Å²) < 4.78 is 10.4. The van der Waals surface area contributed by atoms with Gasteiger partial charge < -0.3 is 20.5 Å². The Morgan fingerprint density at radius 3 is 2.89 bits per heavy atom. The van der Waals surface area contributed by atoms with Crippen molar-refractivity contribution in [3.63, 3.8) is 0 Å². The summed E-state index contributed by atoms with van der Waals surface area (Å²) in [4.78, 5) is 11.9. The monoisotopic (exact) mass is 270 g/mol. The molecular weight excluding hydrogens is 256 g/mol. The summed E-state index contributed by atoms with van der Waals surface area (Å²) in [5.41, 5.74) is 5.76. The molecule has 1 aliphatic heterocycles. The molecule has 1 aliphatic rings. The maximum absolute atomic E-state index is 11.9. The minimum Gasteiger partial charge on any atom is -0.454 e. The van der Waals surface area contributed by atoms with Crippen molar-refractivity contribution in [2.45, 2.75) is 19.4 Å². The number of halogens is 1. The van der Waals surface area contributed by atoms with E-state index in [0.29, 0.717) is 28.6 Å². The number of amides is 1. The predicted molar refractivity (Wildman–Crippen MR) is 68.2 cm³/mol. The van der Waals surface area contributed by atoms with Gasteiger partial charge >= 0.3 is 0 Å². The highest BCUT2D eigenvalue weighted by Crippen LogP contribution is 2.39. The quantitative estimate of drug-likeness (QED) is 0.874. The molecule has 0 radical (unpaired) electrons. The van der Waals surface area contributed by atoms with Gasteiger partial charge in [0, 0.05) is 17.6 Å². The van der Waals surface area contributed by atoms with E-state index in [-0.39, 0.29) is 12.7 Å². The third-order valence-corrected chi connectivity index (χ3v) is 2.67. The van der Waals surface area contributed by atoms with Crippen molar-refractivity contribution in [3.05, 3.63) is 22.7 Å². The molecule has 5 nitrogen and oxygen atoms in total. The molecular formula is C12H15ClN2O3. The zero-order valence-corrected chi connectivity index (χ0v) is 11.0. The lowest BCUT2D eigenvalue weighted by molar-refractivity contribution is 0.0945. The Morgan fingerprint density at radius 2 is 2.22 bits per heavy atom. The SMILES string of the molecule is CC(C)(N)CNC(=O)c1cc(Cl)c2c(c1)OCO2. The van der Waals surface area contributed by atoms with Crippen LogP contribution in [-0.4, -0.2) is 24.8 Å². The first-order chi connectivity index (χ1) is 8.37. The van der Waals surface area contributed by atoms with Crippen LogP contribution in [0, 0.1) is 0 Å².